The Morgan fingerprint density at radius 1 is 1.33 bits per heavy atom. The highest BCUT2D eigenvalue weighted by Crippen LogP contribution is 2.29. The summed E-state index contributed by atoms with van der Waals surface area (Å²) in [7, 11) is 0. The Bertz CT molecular complexity index is 385. The number of nitrogens with two attached hydrogens (primary N) is 1. The minimum Gasteiger partial charge on any atom is -0.399 e. The summed E-state index contributed by atoms with van der Waals surface area (Å²) >= 11 is 0. The van der Waals surface area contributed by atoms with Crippen molar-refractivity contribution in [2.75, 3.05) is 24.3 Å². The molecule has 0 saturated heterocycles. The van der Waals surface area contributed by atoms with Gasteiger partial charge in [-0.3, -0.25) is 4.79 Å². The maximum absolute atomic E-state index is 11.6. The maximum atomic E-state index is 11.6. The van der Waals surface area contributed by atoms with Gasteiger partial charge in [-0.25, -0.2) is 0 Å². The Labute approximate surface area is 108 Å². The number of amides is 1. The molecule has 1 aromatic carbocycles. The molecule has 0 spiro atoms. The molecule has 1 aliphatic rings. The summed E-state index contributed by atoms with van der Waals surface area (Å²) in [5, 5.41) is 2.77. The standard InChI is InChI=1S/C14H20N2O2/c15-12-4-6-13(7-5-12)16-14(17)10-18-9-8-11-2-1-3-11/h4-7,11H,1-3,8-10,15H2,(H,16,17). The molecule has 2 rings (SSSR count). The van der Waals surface area contributed by atoms with E-state index in [1.54, 1.807) is 24.3 Å². The van der Waals surface area contributed by atoms with Gasteiger partial charge in [-0.1, -0.05) is 19.3 Å². The SMILES string of the molecule is Nc1ccc(NC(=O)COCCC2CCC2)cc1. The lowest BCUT2D eigenvalue weighted by Crippen LogP contribution is -2.20. The number of ether oxygens (including phenoxy) is 1. The largest absolute Gasteiger partial charge is 0.399 e. The topological polar surface area (TPSA) is 64.3 Å². The van der Waals surface area contributed by atoms with Gasteiger partial charge < -0.3 is 15.8 Å². The highest BCUT2D eigenvalue weighted by molar-refractivity contribution is 5.91. The van der Waals surface area contributed by atoms with Gasteiger partial charge in [0.2, 0.25) is 5.91 Å². The van der Waals surface area contributed by atoms with E-state index in [1.165, 1.54) is 19.3 Å². The molecule has 4 heteroatoms. The van der Waals surface area contributed by atoms with Gasteiger partial charge in [0.05, 0.1) is 0 Å². The third-order valence-electron chi connectivity index (χ3n) is 3.32. The number of benzene rings is 1. The lowest BCUT2D eigenvalue weighted by Gasteiger charge is -2.24. The Kier molecular flexibility index (Phi) is 4.59. The summed E-state index contributed by atoms with van der Waals surface area (Å²) < 4.78 is 5.36. The number of rotatable bonds is 6. The van der Waals surface area contributed by atoms with Gasteiger partial charge in [-0.2, -0.15) is 0 Å². The predicted octanol–water partition coefficient (Wildman–Crippen LogP) is 2.41. The van der Waals surface area contributed by atoms with Crippen LogP contribution in [0.4, 0.5) is 11.4 Å². The van der Waals surface area contributed by atoms with Crippen molar-refractivity contribution in [2.24, 2.45) is 5.92 Å². The molecule has 0 aliphatic heterocycles. The zero-order valence-electron chi connectivity index (χ0n) is 10.5. The van der Waals surface area contributed by atoms with Crippen LogP contribution in [0.15, 0.2) is 24.3 Å². The van der Waals surface area contributed by atoms with Crippen LogP contribution in [-0.2, 0) is 9.53 Å². The third kappa shape index (κ3) is 4.04. The quantitative estimate of drug-likeness (QED) is 0.600. The monoisotopic (exact) mass is 248 g/mol. The molecule has 18 heavy (non-hydrogen) atoms. The molecule has 1 aliphatic carbocycles. The van der Waals surface area contributed by atoms with Crippen LogP contribution in [0.2, 0.25) is 0 Å². The second-order valence-electron chi connectivity index (χ2n) is 4.81. The summed E-state index contributed by atoms with van der Waals surface area (Å²) in [5.41, 5.74) is 7.00. The molecule has 0 radical (unpaired) electrons. The van der Waals surface area contributed by atoms with Crippen molar-refractivity contribution in [2.45, 2.75) is 25.7 Å². The first-order valence-electron chi connectivity index (χ1n) is 6.47. The first kappa shape index (κ1) is 12.9. The second kappa shape index (κ2) is 6.40. The maximum Gasteiger partial charge on any atom is 0.250 e. The molecule has 0 atom stereocenters. The second-order valence-corrected chi connectivity index (χ2v) is 4.81. The molecule has 0 aromatic heterocycles. The molecule has 0 heterocycles. The Morgan fingerprint density at radius 3 is 2.67 bits per heavy atom. The van der Waals surface area contributed by atoms with Crippen LogP contribution in [-0.4, -0.2) is 19.1 Å². The first-order chi connectivity index (χ1) is 8.74. The molecule has 1 amide bonds. The van der Waals surface area contributed by atoms with Crippen LogP contribution in [0, 0.1) is 5.92 Å². The summed E-state index contributed by atoms with van der Waals surface area (Å²) in [6, 6.07) is 7.07. The fourth-order valence-electron chi connectivity index (χ4n) is 1.96. The van der Waals surface area contributed by atoms with Crippen molar-refractivity contribution in [1.29, 1.82) is 0 Å². The minimum absolute atomic E-state index is 0.117. The minimum atomic E-state index is -0.117. The van der Waals surface area contributed by atoms with Gasteiger partial charge in [-0.05, 0) is 36.6 Å². The lowest BCUT2D eigenvalue weighted by molar-refractivity contribution is -0.120. The van der Waals surface area contributed by atoms with Gasteiger partial charge >= 0.3 is 0 Å². The zero-order valence-corrected chi connectivity index (χ0v) is 10.5. The number of anilines is 2. The highest BCUT2D eigenvalue weighted by atomic mass is 16.5. The lowest BCUT2D eigenvalue weighted by atomic mass is 9.83. The average Bonchev–Trinajstić information content (AvgIpc) is 2.29. The van der Waals surface area contributed by atoms with Gasteiger partial charge in [0, 0.05) is 18.0 Å². The summed E-state index contributed by atoms with van der Waals surface area (Å²) in [6.07, 6.45) is 5.07. The number of nitrogen functional groups attached to an aromatic ring is 1. The normalized spacial score (nSPS) is 15.1. The summed E-state index contributed by atoms with van der Waals surface area (Å²) in [4.78, 5) is 11.6. The molecule has 1 aromatic rings. The van der Waals surface area contributed by atoms with Gasteiger partial charge in [0.15, 0.2) is 0 Å². The van der Waals surface area contributed by atoms with Crippen molar-refractivity contribution >= 4 is 17.3 Å². The molecule has 1 fully saturated rings. The van der Waals surface area contributed by atoms with E-state index >= 15 is 0 Å². The van der Waals surface area contributed by atoms with E-state index in [0.717, 1.165) is 18.0 Å². The van der Waals surface area contributed by atoms with E-state index in [2.05, 4.69) is 5.32 Å². The van der Waals surface area contributed by atoms with Crippen molar-refractivity contribution in [1.82, 2.24) is 0 Å². The van der Waals surface area contributed by atoms with Crippen LogP contribution in [0.3, 0.4) is 0 Å². The molecule has 98 valence electrons. The number of hydrogen-bond acceptors (Lipinski definition) is 3. The van der Waals surface area contributed by atoms with E-state index in [-0.39, 0.29) is 12.5 Å². The number of carbonyl (C=O) groups is 1. The van der Waals surface area contributed by atoms with Crippen molar-refractivity contribution in [3.8, 4) is 0 Å². The van der Waals surface area contributed by atoms with Crippen molar-refractivity contribution in [3.05, 3.63) is 24.3 Å². The molecular weight excluding hydrogens is 228 g/mol. The van der Waals surface area contributed by atoms with Crippen LogP contribution in [0.5, 0.6) is 0 Å². The molecule has 4 nitrogen and oxygen atoms in total. The van der Waals surface area contributed by atoms with Crippen molar-refractivity contribution in [3.63, 3.8) is 0 Å². The molecule has 0 unspecified atom stereocenters. The van der Waals surface area contributed by atoms with Crippen LogP contribution in [0.25, 0.3) is 0 Å². The van der Waals surface area contributed by atoms with Crippen LogP contribution in [0.1, 0.15) is 25.7 Å². The molecule has 1 saturated carbocycles. The smallest absolute Gasteiger partial charge is 0.250 e. The van der Waals surface area contributed by atoms with E-state index in [1.807, 2.05) is 0 Å². The Hall–Kier alpha value is -1.55. The van der Waals surface area contributed by atoms with Crippen molar-refractivity contribution < 1.29 is 9.53 Å². The first-order valence-corrected chi connectivity index (χ1v) is 6.47. The molecule has 0 bridgehead atoms. The van der Waals surface area contributed by atoms with Crippen LogP contribution >= 0.6 is 0 Å². The molecule has 3 N–H and O–H groups in total. The van der Waals surface area contributed by atoms with Gasteiger partial charge in [0.1, 0.15) is 6.61 Å². The van der Waals surface area contributed by atoms with E-state index in [4.69, 9.17) is 10.5 Å². The number of nitrogens with one attached hydrogen (secondary N) is 1. The number of carbonyl (C=O) groups excluding carboxylic acids is 1. The average molecular weight is 248 g/mol. The van der Waals surface area contributed by atoms with Crippen LogP contribution < -0.4 is 11.1 Å². The van der Waals surface area contributed by atoms with E-state index in [0.29, 0.717) is 12.3 Å². The predicted molar refractivity (Wildman–Crippen MR) is 72.3 cm³/mol. The van der Waals surface area contributed by atoms with Gasteiger partial charge in [-0.15, -0.1) is 0 Å². The zero-order chi connectivity index (χ0) is 12.8. The Balaban J connectivity index is 1.60. The number of hydrogen-bond donors (Lipinski definition) is 2. The molecular formula is C14H20N2O2. The van der Waals surface area contributed by atoms with Gasteiger partial charge in [0.25, 0.3) is 0 Å². The van der Waals surface area contributed by atoms with E-state index in [9.17, 15) is 4.79 Å². The summed E-state index contributed by atoms with van der Waals surface area (Å²) in [6.45, 7) is 0.803. The summed E-state index contributed by atoms with van der Waals surface area (Å²) in [5.74, 6) is 0.707. The van der Waals surface area contributed by atoms with E-state index < -0.39 is 0 Å². The fourth-order valence-corrected chi connectivity index (χ4v) is 1.96. The Morgan fingerprint density at radius 2 is 2.06 bits per heavy atom. The third-order valence-corrected chi connectivity index (χ3v) is 3.32. The fraction of sp³-hybridized carbons (Fsp3) is 0.500. The highest BCUT2D eigenvalue weighted by Gasteiger charge is 2.16.